The first-order valence-electron chi connectivity index (χ1n) is 9.78. The van der Waals surface area contributed by atoms with Crippen LogP contribution in [0.25, 0.3) is 11.0 Å². The van der Waals surface area contributed by atoms with Crippen LogP contribution in [0.15, 0.2) is 56.7 Å². The van der Waals surface area contributed by atoms with E-state index in [1.807, 2.05) is 0 Å². The smallest absolute Gasteiger partial charge is 0.219 e. The summed E-state index contributed by atoms with van der Waals surface area (Å²) in [5.41, 5.74) is 1.60. The molecule has 0 spiro atoms. The molecule has 1 aliphatic rings. The number of hydrogen-bond donors (Lipinski definition) is 1. The van der Waals surface area contributed by atoms with Crippen LogP contribution in [0.3, 0.4) is 0 Å². The van der Waals surface area contributed by atoms with E-state index in [1.165, 1.54) is 31.2 Å². The fraction of sp³-hybridized carbons (Fsp3) is 0.318. The molecule has 1 atom stereocenters. The van der Waals surface area contributed by atoms with Gasteiger partial charge in [0.15, 0.2) is 0 Å². The van der Waals surface area contributed by atoms with Crippen molar-refractivity contribution in [2.45, 2.75) is 35.6 Å². The second-order valence-corrected chi connectivity index (χ2v) is 9.50. The van der Waals surface area contributed by atoms with Gasteiger partial charge in [-0.25, -0.2) is 12.8 Å². The lowest BCUT2D eigenvalue weighted by Crippen LogP contribution is -2.33. The van der Waals surface area contributed by atoms with Gasteiger partial charge in [0, 0.05) is 38.0 Å². The number of nitrogens with one attached hydrogen (secondary N) is 1. The molecule has 2 aromatic carbocycles. The molecule has 0 saturated heterocycles. The molecular formula is C22H23FN2O4S. The lowest BCUT2D eigenvalue weighted by molar-refractivity contribution is -0.127. The van der Waals surface area contributed by atoms with Crippen molar-refractivity contribution < 1.29 is 22.0 Å². The molecule has 6 nitrogen and oxygen atoms in total. The molecule has 0 saturated carbocycles. The molecule has 4 rings (SSSR count). The Morgan fingerprint density at radius 2 is 2.00 bits per heavy atom. The molecular weight excluding hydrogens is 407 g/mol. The molecule has 8 heteroatoms. The Bertz CT molecular complexity index is 1220. The van der Waals surface area contributed by atoms with Gasteiger partial charge < -0.3 is 14.6 Å². The van der Waals surface area contributed by atoms with Crippen molar-refractivity contribution in [3.63, 3.8) is 0 Å². The number of halogens is 1. The van der Waals surface area contributed by atoms with E-state index in [-0.39, 0.29) is 21.7 Å². The van der Waals surface area contributed by atoms with Gasteiger partial charge >= 0.3 is 0 Å². The zero-order valence-corrected chi connectivity index (χ0v) is 17.6. The van der Waals surface area contributed by atoms with Crippen LogP contribution in [0.4, 0.5) is 4.39 Å². The van der Waals surface area contributed by atoms with Gasteiger partial charge in [0.2, 0.25) is 15.7 Å². The van der Waals surface area contributed by atoms with Crippen molar-refractivity contribution in [1.29, 1.82) is 0 Å². The van der Waals surface area contributed by atoms with Crippen molar-refractivity contribution >= 4 is 26.7 Å². The zero-order chi connectivity index (χ0) is 21.5. The summed E-state index contributed by atoms with van der Waals surface area (Å²) in [5, 5.41) is 4.17. The van der Waals surface area contributed by atoms with Crippen LogP contribution >= 0.6 is 0 Å². The van der Waals surface area contributed by atoms with Crippen LogP contribution in [0.5, 0.6) is 0 Å². The normalized spacial score (nSPS) is 16.4. The summed E-state index contributed by atoms with van der Waals surface area (Å²) in [5.74, 6) is 0.193. The van der Waals surface area contributed by atoms with Gasteiger partial charge in [-0.05, 0) is 49.2 Å². The molecule has 0 radical (unpaired) electrons. The third kappa shape index (κ3) is 3.73. The first-order chi connectivity index (χ1) is 14.3. The van der Waals surface area contributed by atoms with E-state index in [0.717, 1.165) is 29.3 Å². The van der Waals surface area contributed by atoms with E-state index in [1.54, 1.807) is 24.1 Å². The maximum Gasteiger partial charge on any atom is 0.219 e. The zero-order valence-electron chi connectivity index (χ0n) is 16.8. The van der Waals surface area contributed by atoms with Crippen LogP contribution in [0, 0.1) is 5.82 Å². The summed E-state index contributed by atoms with van der Waals surface area (Å²) >= 11 is 0. The van der Waals surface area contributed by atoms with Crippen molar-refractivity contribution in [2.24, 2.45) is 0 Å². The number of benzene rings is 2. The lowest BCUT2D eigenvalue weighted by Gasteiger charge is -2.25. The molecule has 0 fully saturated rings. The van der Waals surface area contributed by atoms with Gasteiger partial charge in [0.25, 0.3) is 0 Å². The lowest BCUT2D eigenvalue weighted by atomic mass is 9.97. The Hall–Kier alpha value is -2.71. The van der Waals surface area contributed by atoms with E-state index in [9.17, 15) is 17.6 Å². The Labute approximate surface area is 174 Å². The van der Waals surface area contributed by atoms with Gasteiger partial charge in [-0.1, -0.05) is 6.07 Å². The fourth-order valence-corrected chi connectivity index (χ4v) is 5.12. The number of sulfone groups is 1. The molecule has 1 amide bonds. The van der Waals surface area contributed by atoms with Crippen LogP contribution < -0.4 is 5.32 Å². The summed E-state index contributed by atoms with van der Waals surface area (Å²) in [6.45, 7) is 2.85. The summed E-state index contributed by atoms with van der Waals surface area (Å²) in [6.07, 6.45) is 1.40. The average molecular weight is 431 g/mol. The molecule has 1 aromatic heterocycles. The maximum absolute atomic E-state index is 13.6. The summed E-state index contributed by atoms with van der Waals surface area (Å²) < 4.78 is 45.6. The van der Waals surface area contributed by atoms with Gasteiger partial charge in [-0.3, -0.25) is 4.79 Å². The number of rotatable bonds is 5. The predicted octanol–water partition coefficient (Wildman–Crippen LogP) is 3.46. The molecule has 0 aliphatic carbocycles. The summed E-state index contributed by atoms with van der Waals surface area (Å²) in [6, 6.07) is 9.71. The van der Waals surface area contributed by atoms with Gasteiger partial charge in [0.05, 0.1) is 15.8 Å². The molecule has 30 heavy (non-hydrogen) atoms. The number of hydrogen-bond acceptors (Lipinski definition) is 5. The van der Waals surface area contributed by atoms with Gasteiger partial charge in [0.1, 0.15) is 17.2 Å². The van der Waals surface area contributed by atoms with Crippen molar-refractivity contribution in [1.82, 2.24) is 10.2 Å². The van der Waals surface area contributed by atoms with Crippen LogP contribution in [-0.2, 0) is 21.1 Å². The van der Waals surface area contributed by atoms with E-state index in [2.05, 4.69) is 5.32 Å². The molecule has 1 aliphatic heterocycles. The van der Waals surface area contributed by atoms with Crippen LogP contribution in [0.1, 0.15) is 30.7 Å². The number of carbonyl (C=O) groups is 1. The number of amides is 1. The van der Waals surface area contributed by atoms with Crippen LogP contribution in [0.2, 0.25) is 0 Å². The monoisotopic (exact) mass is 430 g/mol. The van der Waals surface area contributed by atoms with Crippen LogP contribution in [-0.4, -0.2) is 39.4 Å². The van der Waals surface area contributed by atoms with Crippen molar-refractivity contribution in [3.05, 3.63) is 59.6 Å². The van der Waals surface area contributed by atoms with Gasteiger partial charge in [-0.15, -0.1) is 0 Å². The molecule has 158 valence electrons. The molecule has 3 aromatic rings. The molecule has 1 unspecified atom stereocenters. The van der Waals surface area contributed by atoms with E-state index in [0.29, 0.717) is 25.0 Å². The first-order valence-corrected chi connectivity index (χ1v) is 11.3. The standard InChI is InChI=1S/C22H23FN2O4S/c1-14(26)25(2)11-9-20-22-18(8-10-24-20)19-13-17(6-7-21(19)29-22)30(27,28)16-5-3-4-15(23)12-16/h3-7,12-13,20,24H,8-11H2,1-2H3. The highest BCUT2D eigenvalue weighted by molar-refractivity contribution is 7.91. The highest BCUT2D eigenvalue weighted by atomic mass is 32.2. The topological polar surface area (TPSA) is 79.6 Å². The minimum absolute atomic E-state index is 0.00263. The number of carbonyl (C=O) groups excluding carboxylic acids is 1. The maximum atomic E-state index is 13.6. The third-order valence-corrected chi connectivity index (χ3v) is 7.33. The fourth-order valence-electron chi connectivity index (χ4n) is 3.80. The number of furan rings is 1. The predicted molar refractivity (Wildman–Crippen MR) is 110 cm³/mol. The summed E-state index contributed by atoms with van der Waals surface area (Å²) in [4.78, 5) is 13.2. The first kappa shape index (κ1) is 20.6. The Balaban J connectivity index is 1.70. The largest absolute Gasteiger partial charge is 0.459 e. The molecule has 2 heterocycles. The minimum Gasteiger partial charge on any atom is -0.459 e. The number of fused-ring (bicyclic) bond motifs is 3. The second-order valence-electron chi connectivity index (χ2n) is 7.55. The van der Waals surface area contributed by atoms with E-state index < -0.39 is 15.7 Å². The van der Waals surface area contributed by atoms with E-state index in [4.69, 9.17) is 4.42 Å². The molecule has 0 bridgehead atoms. The average Bonchev–Trinajstić information content (AvgIpc) is 3.10. The quantitative estimate of drug-likeness (QED) is 0.671. The highest BCUT2D eigenvalue weighted by Gasteiger charge is 2.28. The Morgan fingerprint density at radius 1 is 1.23 bits per heavy atom. The number of nitrogens with zero attached hydrogens (tertiary/aromatic N) is 1. The Kier molecular flexibility index (Phi) is 5.38. The second kappa shape index (κ2) is 7.85. The SMILES string of the molecule is CC(=O)N(C)CCC1NCCc2c1oc1ccc(S(=O)(=O)c3cccc(F)c3)cc21. The molecule has 1 N–H and O–H groups in total. The third-order valence-electron chi connectivity index (χ3n) is 5.58. The van der Waals surface area contributed by atoms with Gasteiger partial charge in [-0.2, -0.15) is 0 Å². The highest BCUT2D eigenvalue weighted by Crippen LogP contribution is 2.36. The summed E-state index contributed by atoms with van der Waals surface area (Å²) in [7, 11) is -2.09. The Morgan fingerprint density at radius 3 is 2.73 bits per heavy atom. The van der Waals surface area contributed by atoms with E-state index >= 15 is 0 Å². The minimum atomic E-state index is -3.84. The van der Waals surface area contributed by atoms with Crippen molar-refractivity contribution in [2.75, 3.05) is 20.1 Å². The van der Waals surface area contributed by atoms with Crippen molar-refractivity contribution in [3.8, 4) is 0 Å².